The maximum Gasteiger partial charge on any atom is 0.0984 e. The normalized spacial score (nSPS) is 11.0. The summed E-state index contributed by atoms with van der Waals surface area (Å²) >= 11 is 1.93. The first kappa shape index (κ1) is 13.6. The van der Waals surface area contributed by atoms with E-state index in [0.717, 1.165) is 18.8 Å². The average Bonchev–Trinajstić information content (AvgIpc) is 2.52. The fourth-order valence-corrected chi connectivity index (χ4v) is 2.88. The first-order valence-corrected chi connectivity index (χ1v) is 7.05. The molecule has 16 heavy (non-hydrogen) atoms. The minimum Gasteiger partial charge on any atom is -0.313 e. The Labute approximate surface area is 103 Å². The van der Waals surface area contributed by atoms with E-state index in [1.165, 1.54) is 29.2 Å². The van der Waals surface area contributed by atoms with Gasteiger partial charge in [-0.2, -0.15) is 5.10 Å². The van der Waals surface area contributed by atoms with Crippen LogP contribution >= 0.6 is 11.8 Å². The minimum atomic E-state index is 0.935. The number of nitrogens with zero attached hydrogens (tertiary/aromatic N) is 2. The number of hydrogen-bond acceptors (Lipinski definition) is 3. The van der Waals surface area contributed by atoms with Gasteiger partial charge in [0.1, 0.15) is 0 Å². The summed E-state index contributed by atoms with van der Waals surface area (Å²) in [6.07, 6.45) is 2.53. The molecule has 3 nitrogen and oxygen atoms in total. The molecule has 0 unspecified atom stereocenters. The van der Waals surface area contributed by atoms with Crippen molar-refractivity contribution in [2.24, 2.45) is 7.05 Å². The van der Waals surface area contributed by atoms with Crippen molar-refractivity contribution in [1.29, 1.82) is 0 Å². The first-order chi connectivity index (χ1) is 7.70. The van der Waals surface area contributed by atoms with E-state index in [-0.39, 0.29) is 0 Å². The molecule has 0 spiro atoms. The van der Waals surface area contributed by atoms with Crippen molar-refractivity contribution in [3.05, 3.63) is 11.3 Å². The Bertz CT molecular complexity index is 320. The average molecular weight is 241 g/mol. The second-order valence-corrected chi connectivity index (χ2v) is 5.06. The Hall–Kier alpha value is -0.480. The lowest BCUT2D eigenvalue weighted by Gasteiger charge is -2.06. The molecule has 0 aliphatic carbocycles. The van der Waals surface area contributed by atoms with Gasteiger partial charge in [-0.15, -0.1) is 11.8 Å². The molecule has 1 heterocycles. The van der Waals surface area contributed by atoms with Gasteiger partial charge in [-0.1, -0.05) is 20.3 Å². The zero-order valence-electron chi connectivity index (χ0n) is 10.8. The van der Waals surface area contributed by atoms with Gasteiger partial charge in [-0.3, -0.25) is 4.68 Å². The van der Waals surface area contributed by atoms with E-state index in [2.05, 4.69) is 31.2 Å². The summed E-state index contributed by atoms with van der Waals surface area (Å²) < 4.78 is 2.02. The SMILES string of the molecule is CCCCSc1c(CNCC)c(C)nn1C. The monoisotopic (exact) mass is 241 g/mol. The molecule has 0 aliphatic rings. The number of aryl methyl sites for hydroxylation is 2. The third-order valence-electron chi connectivity index (χ3n) is 2.58. The highest BCUT2D eigenvalue weighted by Crippen LogP contribution is 2.25. The third-order valence-corrected chi connectivity index (χ3v) is 3.85. The van der Waals surface area contributed by atoms with Gasteiger partial charge in [0.2, 0.25) is 0 Å². The summed E-state index contributed by atoms with van der Waals surface area (Å²) in [6.45, 7) is 8.40. The smallest absolute Gasteiger partial charge is 0.0984 e. The van der Waals surface area contributed by atoms with Gasteiger partial charge in [0.05, 0.1) is 10.7 Å². The molecule has 0 atom stereocenters. The van der Waals surface area contributed by atoms with Crippen molar-refractivity contribution in [3.8, 4) is 0 Å². The predicted octanol–water partition coefficient (Wildman–Crippen LogP) is 2.73. The van der Waals surface area contributed by atoms with Gasteiger partial charge >= 0.3 is 0 Å². The van der Waals surface area contributed by atoms with Crippen LogP contribution < -0.4 is 5.32 Å². The Morgan fingerprint density at radius 2 is 2.12 bits per heavy atom. The Morgan fingerprint density at radius 3 is 2.75 bits per heavy atom. The highest BCUT2D eigenvalue weighted by molar-refractivity contribution is 7.99. The topological polar surface area (TPSA) is 29.9 Å². The van der Waals surface area contributed by atoms with E-state index in [1.54, 1.807) is 0 Å². The summed E-state index contributed by atoms with van der Waals surface area (Å²) in [5, 5.41) is 9.21. The summed E-state index contributed by atoms with van der Waals surface area (Å²) in [7, 11) is 2.04. The van der Waals surface area contributed by atoms with Gasteiger partial charge < -0.3 is 5.32 Å². The Balaban J connectivity index is 2.71. The highest BCUT2D eigenvalue weighted by Gasteiger charge is 2.12. The fourth-order valence-electron chi connectivity index (χ4n) is 1.63. The number of hydrogen-bond donors (Lipinski definition) is 1. The molecule has 1 aromatic rings. The summed E-state index contributed by atoms with van der Waals surface area (Å²) in [5.41, 5.74) is 2.52. The summed E-state index contributed by atoms with van der Waals surface area (Å²) in [5.74, 6) is 1.19. The van der Waals surface area contributed by atoms with Crippen LogP contribution in [0.15, 0.2) is 5.03 Å². The van der Waals surface area contributed by atoms with Crippen molar-refractivity contribution in [3.63, 3.8) is 0 Å². The van der Waals surface area contributed by atoms with Gasteiger partial charge in [0.15, 0.2) is 0 Å². The second-order valence-electron chi connectivity index (χ2n) is 3.98. The van der Waals surface area contributed by atoms with E-state index >= 15 is 0 Å². The molecular weight excluding hydrogens is 218 g/mol. The number of thioether (sulfide) groups is 1. The molecule has 0 bridgehead atoms. The van der Waals surface area contributed by atoms with Crippen molar-refractivity contribution in [2.45, 2.75) is 45.2 Å². The molecule has 0 saturated carbocycles. The van der Waals surface area contributed by atoms with Crippen LogP contribution in [0.3, 0.4) is 0 Å². The minimum absolute atomic E-state index is 0.935. The van der Waals surface area contributed by atoms with Crippen LogP contribution in [0.2, 0.25) is 0 Å². The van der Waals surface area contributed by atoms with Crippen molar-refractivity contribution in [2.75, 3.05) is 12.3 Å². The molecule has 1 aromatic heterocycles. The van der Waals surface area contributed by atoms with Gasteiger partial charge in [-0.25, -0.2) is 0 Å². The molecular formula is C12H23N3S. The standard InChI is InChI=1S/C12H23N3S/c1-5-7-8-16-12-11(9-13-6-2)10(3)14-15(12)4/h13H,5-9H2,1-4H3. The van der Waals surface area contributed by atoms with E-state index in [4.69, 9.17) is 0 Å². The van der Waals surface area contributed by atoms with Crippen LogP contribution in [0.25, 0.3) is 0 Å². The van der Waals surface area contributed by atoms with Gasteiger partial charge in [0.25, 0.3) is 0 Å². The predicted molar refractivity (Wildman–Crippen MR) is 71.0 cm³/mol. The van der Waals surface area contributed by atoms with E-state index < -0.39 is 0 Å². The van der Waals surface area contributed by atoms with E-state index in [1.807, 2.05) is 23.5 Å². The molecule has 0 fully saturated rings. The quantitative estimate of drug-likeness (QED) is 0.588. The fraction of sp³-hybridized carbons (Fsp3) is 0.750. The number of nitrogens with one attached hydrogen (secondary N) is 1. The van der Waals surface area contributed by atoms with Crippen LogP contribution in [-0.4, -0.2) is 22.1 Å². The maximum atomic E-state index is 4.50. The van der Waals surface area contributed by atoms with Gasteiger partial charge in [-0.05, 0) is 25.6 Å². The van der Waals surface area contributed by atoms with Gasteiger partial charge in [0, 0.05) is 19.2 Å². The second kappa shape index (κ2) is 6.97. The molecule has 0 amide bonds. The zero-order valence-corrected chi connectivity index (χ0v) is 11.7. The van der Waals surface area contributed by atoms with Crippen molar-refractivity contribution < 1.29 is 0 Å². The maximum absolute atomic E-state index is 4.50. The third kappa shape index (κ3) is 3.52. The lowest BCUT2D eigenvalue weighted by molar-refractivity contribution is 0.673. The first-order valence-electron chi connectivity index (χ1n) is 6.06. The highest BCUT2D eigenvalue weighted by atomic mass is 32.2. The Kier molecular flexibility index (Phi) is 5.91. The zero-order chi connectivity index (χ0) is 12.0. The van der Waals surface area contributed by atoms with Crippen molar-refractivity contribution in [1.82, 2.24) is 15.1 Å². The van der Waals surface area contributed by atoms with Crippen molar-refractivity contribution >= 4 is 11.8 Å². The van der Waals surface area contributed by atoms with E-state index in [0.29, 0.717) is 0 Å². The lowest BCUT2D eigenvalue weighted by Crippen LogP contribution is -2.12. The lowest BCUT2D eigenvalue weighted by atomic mass is 10.2. The van der Waals surface area contributed by atoms with Crippen LogP contribution in [0, 0.1) is 6.92 Å². The molecule has 0 aliphatic heterocycles. The van der Waals surface area contributed by atoms with Crippen LogP contribution in [0.4, 0.5) is 0 Å². The molecule has 0 radical (unpaired) electrons. The molecule has 0 aromatic carbocycles. The summed E-state index contributed by atoms with van der Waals surface area (Å²) in [4.78, 5) is 0. The molecule has 0 saturated heterocycles. The number of unbranched alkanes of at least 4 members (excludes halogenated alkanes) is 1. The molecule has 92 valence electrons. The molecule has 1 N–H and O–H groups in total. The Morgan fingerprint density at radius 1 is 1.38 bits per heavy atom. The van der Waals surface area contributed by atoms with Crippen LogP contribution in [0.1, 0.15) is 37.9 Å². The summed E-state index contributed by atoms with van der Waals surface area (Å²) in [6, 6.07) is 0. The van der Waals surface area contributed by atoms with Crippen LogP contribution in [-0.2, 0) is 13.6 Å². The number of aromatic nitrogens is 2. The molecule has 1 rings (SSSR count). The van der Waals surface area contributed by atoms with E-state index in [9.17, 15) is 0 Å². The largest absolute Gasteiger partial charge is 0.313 e. The number of rotatable bonds is 7. The van der Waals surface area contributed by atoms with Crippen LogP contribution in [0.5, 0.6) is 0 Å². The molecule has 4 heteroatoms.